The highest BCUT2D eigenvalue weighted by Gasteiger charge is 2.40. The average molecular weight is 189 g/mol. The standard InChI is InChI=1S/C9H19NO3/c1-3-5-7(11)9(13)8(12)6(4-2)10-5/h5-13H,3-4H2,1-2H3. The summed E-state index contributed by atoms with van der Waals surface area (Å²) in [6.45, 7) is 3.88. The van der Waals surface area contributed by atoms with Gasteiger partial charge in [-0.05, 0) is 12.8 Å². The molecule has 0 amide bonds. The van der Waals surface area contributed by atoms with Gasteiger partial charge < -0.3 is 20.6 Å². The maximum atomic E-state index is 9.55. The van der Waals surface area contributed by atoms with Crippen LogP contribution < -0.4 is 5.32 Å². The summed E-state index contributed by atoms with van der Waals surface area (Å²) < 4.78 is 0. The van der Waals surface area contributed by atoms with Crippen molar-refractivity contribution in [3.8, 4) is 0 Å². The van der Waals surface area contributed by atoms with E-state index in [1.54, 1.807) is 0 Å². The highest BCUT2D eigenvalue weighted by molar-refractivity contribution is 4.97. The molecule has 1 rings (SSSR count). The molecule has 0 saturated carbocycles. The van der Waals surface area contributed by atoms with E-state index in [1.807, 2.05) is 13.8 Å². The van der Waals surface area contributed by atoms with Crippen LogP contribution in [0, 0.1) is 0 Å². The lowest BCUT2D eigenvalue weighted by molar-refractivity contribution is -0.114. The number of piperidine rings is 1. The minimum atomic E-state index is -1.02. The highest BCUT2D eigenvalue weighted by Crippen LogP contribution is 2.18. The van der Waals surface area contributed by atoms with Crippen LogP contribution >= 0.6 is 0 Å². The summed E-state index contributed by atoms with van der Waals surface area (Å²) in [5, 5.41) is 31.7. The van der Waals surface area contributed by atoms with Crippen molar-refractivity contribution in [3.05, 3.63) is 0 Å². The minimum absolute atomic E-state index is 0.108. The first-order chi connectivity index (χ1) is 6.11. The zero-order valence-corrected chi connectivity index (χ0v) is 8.14. The van der Waals surface area contributed by atoms with Crippen LogP contribution in [0.2, 0.25) is 0 Å². The Balaban J connectivity index is 2.66. The fraction of sp³-hybridized carbons (Fsp3) is 1.00. The summed E-state index contributed by atoms with van der Waals surface area (Å²) in [7, 11) is 0. The molecular formula is C9H19NO3. The predicted molar refractivity (Wildman–Crippen MR) is 49.3 cm³/mol. The van der Waals surface area contributed by atoms with Crippen molar-refractivity contribution in [2.75, 3.05) is 0 Å². The molecule has 4 atom stereocenters. The number of aliphatic hydroxyl groups excluding tert-OH is 3. The van der Waals surface area contributed by atoms with E-state index in [9.17, 15) is 15.3 Å². The monoisotopic (exact) mass is 189 g/mol. The number of rotatable bonds is 2. The lowest BCUT2D eigenvalue weighted by Gasteiger charge is -2.41. The number of hydrogen-bond donors (Lipinski definition) is 4. The van der Waals surface area contributed by atoms with Crippen molar-refractivity contribution in [1.82, 2.24) is 5.32 Å². The zero-order valence-electron chi connectivity index (χ0n) is 8.14. The third-order valence-corrected chi connectivity index (χ3v) is 2.83. The Labute approximate surface area is 78.6 Å². The largest absolute Gasteiger partial charge is 0.389 e. The van der Waals surface area contributed by atoms with Gasteiger partial charge in [0.1, 0.15) is 6.10 Å². The van der Waals surface area contributed by atoms with Gasteiger partial charge >= 0.3 is 0 Å². The molecule has 1 fully saturated rings. The summed E-state index contributed by atoms with van der Waals surface area (Å²) in [5.74, 6) is 0. The summed E-state index contributed by atoms with van der Waals surface area (Å²) in [6.07, 6.45) is -1.23. The molecule has 0 radical (unpaired) electrons. The molecule has 4 nitrogen and oxygen atoms in total. The summed E-state index contributed by atoms with van der Waals surface area (Å²) in [5.41, 5.74) is 0. The second-order valence-corrected chi connectivity index (χ2v) is 3.67. The Morgan fingerprint density at radius 3 is 1.54 bits per heavy atom. The van der Waals surface area contributed by atoms with Gasteiger partial charge in [-0.1, -0.05) is 13.8 Å². The van der Waals surface area contributed by atoms with Crippen molar-refractivity contribution in [2.45, 2.75) is 57.1 Å². The van der Waals surface area contributed by atoms with Crippen LogP contribution in [0.1, 0.15) is 26.7 Å². The van der Waals surface area contributed by atoms with E-state index in [0.717, 1.165) is 12.8 Å². The van der Waals surface area contributed by atoms with Crippen LogP contribution in [0.4, 0.5) is 0 Å². The molecule has 4 N–H and O–H groups in total. The van der Waals surface area contributed by atoms with Crippen molar-refractivity contribution in [2.24, 2.45) is 0 Å². The van der Waals surface area contributed by atoms with E-state index in [4.69, 9.17) is 0 Å². The Bertz CT molecular complexity index is 145. The molecule has 13 heavy (non-hydrogen) atoms. The Hall–Kier alpha value is -0.160. The molecule has 0 aliphatic carbocycles. The van der Waals surface area contributed by atoms with Crippen LogP contribution in [-0.2, 0) is 0 Å². The van der Waals surface area contributed by atoms with E-state index in [-0.39, 0.29) is 12.1 Å². The first kappa shape index (κ1) is 10.9. The van der Waals surface area contributed by atoms with Crippen molar-refractivity contribution in [3.63, 3.8) is 0 Å². The number of nitrogens with one attached hydrogen (secondary N) is 1. The van der Waals surface area contributed by atoms with Gasteiger partial charge in [0.15, 0.2) is 0 Å². The van der Waals surface area contributed by atoms with Crippen LogP contribution in [0.5, 0.6) is 0 Å². The topological polar surface area (TPSA) is 72.7 Å². The maximum Gasteiger partial charge on any atom is 0.109 e. The molecule has 1 heterocycles. The SMILES string of the molecule is CCC1NC(CC)C(O)C(O)C1O. The third-order valence-electron chi connectivity index (χ3n) is 2.83. The Morgan fingerprint density at radius 2 is 1.23 bits per heavy atom. The summed E-state index contributed by atoms with van der Waals surface area (Å²) in [6, 6.07) is -0.216. The normalized spacial score (nSPS) is 46.4. The Morgan fingerprint density at radius 1 is 0.846 bits per heavy atom. The van der Waals surface area contributed by atoms with Gasteiger partial charge in [0.05, 0.1) is 12.2 Å². The predicted octanol–water partition coefficient (Wildman–Crippen LogP) is -0.771. The first-order valence-electron chi connectivity index (χ1n) is 4.92. The third kappa shape index (κ3) is 2.02. The van der Waals surface area contributed by atoms with E-state index in [0.29, 0.717) is 0 Å². The second-order valence-electron chi connectivity index (χ2n) is 3.67. The molecule has 4 heteroatoms. The van der Waals surface area contributed by atoms with E-state index < -0.39 is 18.3 Å². The molecule has 0 spiro atoms. The lowest BCUT2D eigenvalue weighted by Crippen LogP contribution is -2.64. The smallest absolute Gasteiger partial charge is 0.109 e. The molecular weight excluding hydrogens is 170 g/mol. The maximum absolute atomic E-state index is 9.55. The molecule has 0 aromatic heterocycles. The van der Waals surface area contributed by atoms with Gasteiger partial charge in [-0.15, -0.1) is 0 Å². The van der Waals surface area contributed by atoms with Gasteiger partial charge in [0.25, 0.3) is 0 Å². The van der Waals surface area contributed by atoms with Gasteiger partial charge in [-0.25, -0.2) is 0 Å². The molecule has 0 aromatic rings. The van der Waals surface area contributed by atoms with Gasteiger partial charge in [0.2, 0.25) is 0 Å². The van der Waals surface area contributed by atoms with Crippen LogP contribution in [0.25, 0.3) is 0 Å². The van der Waals surface area contributed by atoms with E-state index in [2.05, 4.69) is 5.32 Å². The molecule has 1 aliphatic rings. The van der Waals surface area contributed by atoms with Crippen molar-refractivity contribution in [1.29, 1.82) is 0 Å². The van der Waals surface area contributed by atoms with Gasteiger partial charge in [-0.2, -0.15) is 0 Å². The minimum Gasteiger partial charge on any atom is -0.389 e. The molecule has 78 valence electrons. The number of aliphatic hydroxyl groups is 3. The van der Waals surface area contributed by atoms with Crippen molar-refractivity contribution < 1.29 is 15.3 Å². The Kier molecular flexibility index (Phi) is 3.67. The molecule has 1 aliphatic heterocycles. The van der Waals surface area contributed by atoms with E-state index in [1.165, 1.54) is 0 Å². The molecule has 1 saturated heterocycles. The fourth-order valence-electron chi connectivity index (χ4n) is 1.87. The lowest BCUT2D eigenvalue weighted by atomic mass is 9.88. The molecule has 0 bridgehead atoms. The first-order valence-corrected chi connectivity index (χ1v) is 4.92. The molecule has 0 aromatic carbocycles. The zero-order chi connectivity index (χ0) is 10.0. The second kappa shape index (κ2) is 4.37. The van der Waals surface area contributed by atoms with Crippen molar-refractivity contribution >= 4 is 0 Å². The van der Waals surface area contributed by atoms with E-state index >= 15 is 0 Å². The number of hydrogen-bond acceptors (Lipinski definition) is 4. The summed E-state index contributed by atoms with van der Waals surface area (Å²) >= 11 is 0. The fourth-order valence-corrected chi connectivity index (χ4v) is 1.87. The highest BCUT2D eigenvalue weighted by atomic mass is 16.4. The molecule has 4 unspecified atom stereocenters. The summed E-state index contributed by atoms with van der Waals surface area (Å²) in [4.78, 5) is 0. The van der Waals surface area contributed by atoms with Gasteiger partial charge in [0, 0.05) is 12.1 Å². The van der Waals surface area contributed by atoms with Crippen LogP contribution in [0.15, 0.2) is 0 Å². The van der Waals surface area contributed by atoms with Crippen LogP contribution in [0.3, 0.4) is 0 Å². The average Bonchev–Trinajstić information content (AvgIpc) is 2.15. The van der Waals surface area contributed by atoms with Gasteiger partial charge in [-0.3, -0.25) is 0 Å². The van der Waals surface area contributed by atoms with Crippen LogP contribution in [-0.4, -0.2) is 45.7 Å². The quantitative estimate of drug-likeness (QED) is 0.460.